The first-order valence-electron chi connectivity index (χ1n) is 2.76. The Morgan fingerprint density at radius 1 is 1.44 bits per heavy atom. The Balaban J connectivity index is 2.31. The lowest BCUT2D eigenvalue weighted by Gasteiger charge is -2.14. The quantitative estimate of drug-likeness (QED) is 0.552. The molecule has 1 heterocycles. The van der Waals surface area contributed by atoms with Crippen LogP contribution in [-0.4, -0.2) is 31.0 Å². The summed E-state index contributed by atoms with van der Waals surface area (Å²) in [5.74, 6) is 0. The van der Waals surface area contributed by atoms with Crippen LogP contribution >= 0.6 is 18.5 Å². The summed E-state index contributed by atoms with van der Waals surface area (Å²) in [5.41, 5.74) is 0. The van der Waals surface area contributed by atoms with E-state index in [0.717, 1.165) is 0 Å². The smallest absolute Gasteiger partial charge is 0.378 e. The summed E-state index contributed by atoms with van der Waals surface area (Å²) in [6.07, 6.45) is 0. The summed E-state index contributed by atoms with van der Waals surface area (Å²) < 4.78 is 17.3. The van der Waals surface area contributed by atoms with Crippen LogP contribution in [0.4, 0.5) is 0 Å². The predicted octanol–water partition coefficient (Wildman–Crippen LogP) is 1.21. The summed E-state index contributed by atoms with van der Waals surface area (Å²) in [6, 6.07) is 0. The van der Waals surface area contributed by atoms with Gasteiger partial charge in [-0.25, -0.2) is 0 Å². The molecule has 0 bridgehead atoms. The Hall–Kier alpha value is 0.310. The SMILES string of the molecule is O=[P+](Cl)N1CCOCC1. The topological polar surface area (TPSA) is 29.5 Å². The van der Waals surface area contributed by atoms with Crippen LogP contribution in [0.3, 0.4) is 0 Å². The molecule has 1 fully saturated rings. The van der Waals surface area contributed by atoms with Crippen molar-refractivity contribution in [3.05, 3.63) is 0 Å². The number of hydrogen-bond acceptors (Lipinski definition) is 2. The Bertz CT molecular complexity index is 115. The van der Waals surface area contributed by atoms with Crippen LogP contribution in [0.2, 0.25) is 0 Å². The van der Waals surface area contributed by atoms with E-state index in [1.54, 1.807) is 4.67 Å². The summed E-state index contributed by atoms with van der Waals surface area (Å²) >= 11 is 5.34. The molecular formula is C4H8ClNO2P+. The van der Waals surface area contributed by atoms with Gasteiger partial charge >= 0.3 is 7.30 Å². The highest BCUT2D eigenvalue weighted by molar-refractivity contribution is 7.71. The summed E-state index contributed by atoms with van der Waals surface area (Å²) in [4.78, 5) is 0. The molecule has 0 aliphatic carbocycles. The maximum atomic E-state index is 10.6. The highest BCUT2D eigenvalue weighted by atomic mass is 35.7. The molecular weight excluding hydrogens is 160 g/mol. The molecule has 1 unspecified atom stereocenters. The molecule has 1 aliphatic heterocycles. The fraction of sp³-hybridized carbons (Fsp3) is 1.00. The van der Waals surface area contributed by atoms with Crippen LogP contribution in [0.1, 0.15) is 0 Å². The molecule has 0 aromatic carbocycles. The Labute approximate surface area is 59.6 Å². The van der Waals surface area contributed by atoms with E-state index >= 15 is 0 Å². The van der Waals surface area contributed by atoms with Gasteiger partial charge in [0, 0.05) is 0 Å². The summed E-state index contributed by atoms with van der Waals surface area (Å²) in [5, 5.41) is 0. The van der Waals surface area contributed by atoms with Gasteiger partial charge in [0.1, 0.15) is 0 Å². The normalized spacial score (nSPS) is 23.9. The van der Waals surface area contributed by atoms with Gasteiger partial charge in [-0.1, -0.05) is 4.67 Å². The van der Waals surface area contributed by atoms with Crippen LogP contribution in [0.5, 0.6) is 0 Å². The van der Waals surface area contributed by atoms with Gasteiger partial charge in [0.15, 0.2) is 0 Å². The Kier molecular flexibility index (Phi) is 2.86. The van der Waals surface area contributed by atoms with Crippen molar-refractivity contribution in [2.24, 2.45) is 0 Å². The average Bonchev–Trinajstić information content (AvgIpc) is 1.90. The lowest BCUT2D eigenvalue weighted by atomic mass is 10.5. The second kappa shape index (κ2) is 3.47. The Morgan fingerprint density at radius 3 is 2.33 bits per heavy atom. The maximum absolute atomic E-state index is 10.6. The Morgan fingerprint density at radius 2 is 2.00 bits per heavy atom. The van der Waals surface area contributed by atoms with Crippen LogP contribution in [-0.2, 0) is 9.30 Å². The first kappa shape index (κ1) is 7.42. The van der Waals surface area contributed by atoms with Gasteiger partial charge in [0.25, 0.3) is 0 Å². The number of ether oxygens (including phenoxy) is 1. The molecule has 0 saturated carbocycles. The van der Waals surface area contributed by atoms with Crippen LogP contribution in [0.25, 0.3) is 0 Å². The summed E-state index contributed by atoms with van der Waals surface area (Å²) in [6.45, 7) is 2.68. The lowest BCUT2D eigenvalue weighted by Crippen LogP contribution is -2.30. The van der Waals surface area contributed by atoms with E-state index in [4.69, 9.17) is 16.0 Å². The van der Waals surface area contributed by atoms with Gasteiger partial charge in [0.2, 0.25) is 11.2 Å². The molecule has 9 heavy (non-hydrogen) atoms. The zero-order valence-corrected chi connectivity index (χ0v) is 6.57. The zero-order valence-electron chi connectivity index (χ0n) is 4.92. The average molecular weight is 169 g/mol. The molecule has 0 aromatic rings. The molecule has 5 heteroatoms. The second-order valence-electron chi connectivity index (χ2n) is 1.79. The van der Waals surface area contributed by atoms with Gasteiger partial charge in [-0.05, 0) is 4.57 Å². The van der Waals surface area contributed by atoms with Crippen molar-refractivity contribution in [3.63, 3.8) is 0 Å². The van der Waals surface area contributed by atoms with E-state index in [2.05, 4.69) is 0 Å². The van der Waals surface area contributed by atoms with E-state index in [1.165, 1.54) is 0 Å². The van der Waals surface area contributed by atoms with Crippen molar-refractivity contribution in [2.75, 3.05) is 26.3 Å². The lowest BCUT2D eigenvalue weighted by molar-refractivity contribution is 0.0745. The van der Waals surface area contributed by atoms with E-state index in [-0.39, 0.29) is 0 Å². The van der Waals surface area contributed by atoms with Gasteiger partial charge < -0.3 is 4.74 Å². The largest absolute Gasteiger partial charge is 0.556 e. The minimum absolute atomic E-state index is 0.647. The first-order valence-corrected chi connectivity index (χ1v) is 4.88. The van der Waals surface area contributed by atoms with Crippen LogP contribution in [0, 0.1) is 0 Å². The van der Waals surface area contributed by atoms with Crippen molar-refractivity contribution in [1.29, 1.82) is 0 Å². The van der Waals surface area contributed by atoms with Crippen LogP contribution < -0.4 is 0 Å². The van der Waals surface area contributed by atoms with E-state index < -0.39 is 7.30 Å². The minimum atomic E-state index is -1.64. The molecule has 0 radical (unpaired) electrons. The van der Waals surface area contributed by atoms with Crippen molar-refractivity contribution in [2.45, 2.75) is 0 Å². The molecule has 52 valence electrons. The van der Waals surface area contributed by atoms with Crippen molar-refractivity contribution < 1.29 is 9.30 Å². The maximum Gasteiger partial charge on any atom is 0.556 e. The molecule has 1 aliphatic rings. The minimum Gasteiger partial charge on any atom is -0.378 e. The van der Waals surface area contributed by atoms with Crippen molar-refractivity contribution >= 4 is 18.5 Å². The van der Waals surface area contributed by atoms with E-state index in [1.807, 2.05) is 0 Å². The fourth-order valence-electron chi connectivity index (χ4n) is 0.711. The number of halogens is 1. The molecule has 0 spiro atoms. The molecule has 0 amide bonds. The zero-order chi connectivity index (χ0) is 6.69. The monoisotopic (exact) mass is 168 g/mol. The van der Waals surface area contributed by atoms with Gasteiger partial charge in [-0.2, -0.15) is 0 Å². The third kappa shape index (κ3) is 2.18. The van der Waals surface area contributed by atoms with Crippen molar-refractivity contribution in [1.82, 2.24) is 4.67 Å². The van der Waals surface area contributed by atoms with Crippen molar-refractivity contribution in [3.8, 4) is 0 Å². The third-order valence-corrected chi connectivity index (χ3v) is 2.70. The third-order valence-electron chi connectivity index (χ3n) is 1.21. The standard InChI is InChI=1S/C4H8ClNO2P/c5-9(7)6-1-3-8-4-2-6/h1-4H2/q+1. The number of nitrogens with zero attached hydrogens (tertiary/aromatic N) is 1. The van der Waals surface area contributed by atoms with Gasteiger partial charge in [-0.3, -0.25) is 0 Å². The number of morpholine rings is 1. The van der Waals surface area contributed by atoms with Crippen LogP contribution in [0.15, 0.2) is 0 Å². The molecule has 0 N–H and O–H groups in total. The molecule has 3 nitrogen and oxygen atoms in total. The molecule has 0 aromatic heterocycles. The molecule has 1 saturated heterocycles. The van der Waals surface area contributed by atoms with Gasteiger partial charge in [-0.15, -0.1) is 0 Å². The summed E-state index contributed by atoms with van der Waals surface area (Å²) in [7, 11) is -1.64. The second-order valence-corrected chi connectivity index (χ2v) is 3.68. The highest BCUT2D eigenvalue weighted by Crippen LogP contribution is 2.32. The number of hydrogen-bond donors (Lipinski definition) is 0. The fourth-order valence-corrected chi connectivity index (χ4v) is 1.64. The van der Waals surface area contributed by atoms with E-state index in [9.17, 15) is 4.57 Å². The molecule has 1 atom stereocenters. The first-order chi connectivity index (χ1) is 4.30. The highest BCUT2D eigenvalue weighted by Gasteiger charge is 2.27. The number of rotatable bonds is 1. The molecule has 1 rings (SSSR count). The predicted molar refractivity (Wildman–Crippen MR) is 35.9 cm³/mol. The van der Waals surface area contributed by atoms with Gasteiger partial charge in [0.05, 0.1) is 26.3 Å². The van der Waals surface area contributed by atoms with E-state index in [0.29, 0.717) is 26.3 Å².